The Morgan fingerprint density at radius 3 is 2.95 bits per heavy atom. The van der Waals surface area contributed by atoms with Crippen LogP contribution in [-0.2, 0) is 12.8 Å². The van der Waals surface area contributed by atoms with Crippen LogP contribution in [0, 0.1) is 5.82 Å². The molecular formula is C16H18ClFN2S. The summed E-state index contributed by atoms with van der Waals surface area (Å²) in [6.07, 6.45) is 4.41. The zero-order valence-electron chi connectivity index (χ0n) is 12.0. The van der Waals surface area contributed by atoms with Crippen molar-refractivity contribution in [2.45, 2.75) is 38.6 Å². The van der Waals surface area contributed by atoms with Crippen molar-refractivity contribution in [1.82, 2.24) is 10.3 Å². The highest BCUT2D eigenvalue weighted by Gasteiger charge is 2.23. The van der Waals surface area contributed by atoms with E-state index in [9.17, 15) is 4.39 Å². The molecule has 1 atom stereocenters. The lowest BCUT2D eigenvalue weighted by Crippen LogP contribution is -2.23. The molecule has 1 N–H and O–H groups in total. The zero-order chi connectivity index (χ0) is 14.8. The minimum absolute atomic E-state index is 0.0752. The number of hydrogen-bond acceptors (Lipinski definition) is 3. The molecule has 0 spiro atoms. The van der Waals surface area contributed by atoms with Crippen molar-refractivity contribution in [3.8, 4) is 0 Å². The number of benzene rings is 1. The molecule has 0 radical (unpaired) electrons. The van der Waals surface area contributed by atoms with Crippen molar-refractivity contribution in [1.29, 1.82) is 0 Å². The van der Waals surface area contributed by atoms with Gasteiger partial charge in [-0.1, -0.05) is 18.5 Å². The van der Waals surface area contributed by atoms with Gasteiger partial charge in [0, 0.05) is 9.90 Å². The summed E-state index contributed by atoms with van der Waals surface area (Å²) in [4.78, 5) is 6.16. The Balaban J connectivity index is 1.96. The maximum Gasteiger partial charge on any atom is 0.125 e. The molecule has 112 valence electrons. The number of aromatic nitrogens is 1. The van der Waals surface area contributed by atoms with E-state index < -0.39 is 0 Å². The van der Waals surface area contributed by atoms with Crippen LogP contribution in [0.2, 0.25) is 5.02 Å². The first kappa shape index (κ1) is 14.9. The molecule has 5 heteroatoms. The first-order chi connectivity index (χ1) is 10.2. The zero-order valence-corrected chi connectivity index (χ0v) is 13.5. The average Bonchev–Trinajstić information content (AvgIpc) is 2.99. The number of fused-ring (bicyclic) bond motifs is 1. The second-order valence-corrected chi connectivity index (χ2v) is 6.92. The first-order valence-corrected chi connectivity index (χ1v) is 8.54. The summed E-state index contributed by atoms with van der Waals surface area (Å²) in [7, 11) is 0. The minimum atomic E-state index is -0.301. The van der Waals surface area contributed by atoms with Gasteiger partial charge in [-0.3, -0.25) is 0 Å². The maximum absolute atomic E-state index is 13.7. The van der Waals surface area contributed by atoms with Gasteiger partial charge in [0.25, 0.3) is 0 Å². The third kappa shape index (κ3) is 3.28. The first-order valence-electron chi connectivity index (χ1n) is 7.35. The van der Waals surface area contributed by atoms with Gasteiger partial charge in [0.2, 0.25) is 0 Å². The Bertz CT molecular complexity index is 599. The summed E-state index contributed by atoms with van der Waals surface area (Å²) < 4.78 is 13.7. The van der Waals surface area contributed by atoms with Crippen molar-refractivity contribution < 1.29 is 4.39 Å². The lowest BCUT2D eigenvalue weighted by Gasteiger charge is -2.17. The van der Waals surface area contributed by atoms with Gasteiger partial charge in [-0.05, 0) is 56.0 Å². The Morgan fingerprint density at radius 1 is 1.38 bits per heavy atom. The fourth-order valence-electron chi connectivity index (χ4n) is 2.71. The quantitative estimate of drug-likeness (QED) is 0.875. The SMILES string of the molecule is CCCNC(c1cc(F)cc(Cl)c1)c1nc2c(s1)CCC2. The maximum atomic E-state index is 13.7. The van der Waals surface area contributed by atoms with Crippen LogP contribution < -0.4 is 5.32 Å². The molecule has 1 aromatic carbocycles. The van der Waals surface area contributed by atoms with Gasteiger partial charge >= 0.3 is 0 Å². The Kier molecular flexibility index (Phi) is 4.57. The number of rotatable bonds is 5. The van der Waals surface area contributed by atoms with Gasteiger partial charge in [-0.2, -0.15) is 0 Å². The number of nitrogens with zero attached hydrogens (tertiary/aromatic N) is 1. The molecule has 0 aliphatic heterocycles. The Hall–Kier alpha value is -0.970. The molecule has 0 saturated heterocycles. The van der Waals surface area contributed by atoms with E-state index in [1.54, 1.807) is 17.4 Å². The molecule has 1 unspecified atom stereocenters. The molecule has 2 nitrogen and oxygen atoms in total. The second-order valence-electron chi connectivity index (χ2n) is 5.37. The van der Waals surface area contributed by atoms with Crippen LogP contribution >= 0.6 is 22.9 Å². The minimum Gasteiger partial charge on any atom is -0.304 e. The van der Waals surface area contributed by atoms with Crippen molar-refractivity contribution in [3.05, 3.63) is 50.2 Å². The van der Waals surface area contributed by atoms with E-state index in [1.807, 2.05) is 6.07 Å². The highest BCUT2D eigenvalue weighted by molar-refractivity contribution is 7.11. The van der Waals surface area contributed by atoms with Gasteiger partial charge < -0.3 is 5.32 Å². The van der Waals surface area contributed by atoms with E-state index in [0.29, 0.717) is 5.02 Å². The van der Waals surface area contributed by atoms with Crippen LogP contribution in [0.3, 0.4) is 0 Å². The molecule has 0 bridgehead atoms. The molecule has 0 fully saturated rings. The van der Waals surface area contributed by atoms with E-state index in [1.165, 1.54) is 23.1 Å². The number of aryl methyl sites for hydroxylation is 2. The molecule has 1 aliphatic rings. The highest BCUT2D eigenvalue weighted by atomic mass is 35.5. The second kappa shape index (κ2) is 6.42. The van der Waals surface area contributed by atoms with E-state index in [2.05, 4.69) is 12.2 Å². The van der Waals surface area contributed by atoms with E-state index >= 15 is 0 Å². The summed E-state index contributed by atoms with van der Waals surface area (Å²) in [5.74, 6) is -0.301. The fourth-order valence-corrected chi connectivity index (χ4v) is 4.20. The molecule has 1 heterocycles. The van der Waals surface area contributed by atoms with Crippen LogP contribution in [0.4, 0.5) is 4.39 Å². The van der Waals surface area contributed by atoms with Crippen LogP contribution in [0.15, 0.2) is 18.2 Å². The van der Waals surface area contributed by atoms with Gasteiger partial charge in [0.1, 0.15) is 10.8 Å². The van der Waals surface area contributed by atoms with Crippen molar-refractivity contribution in [2.75, 3.05) is 6.54 Å². The normalized spacial score (nSPS) is 15.2. The number of halogens is 2. The fraction of sp³-hybridized carbons (Fsp3) is 0.438. The standard InChI is InChI=1S/C16H18ClFN2S/c1-2-6-19-15(10-7-11(17)9-12(18)8-10)16-20-13-4-3-5-14(13)21-16/h7-9,15,19H,2-6H2,1H3. The topological polar surface area (TPSA) is 24.9 Å². The summed E-state index contributed by atoms with van der Waals surface area (Å²) in [6.45, 7) is 2.98. The number of nitrogens with one attached hydrogen (secondary N) is 1. The molecule has 1 aliphatic carbocycles. The molecule has 2 aromatic rings. The monoisotopic (exact) mass is 324 g/mol. The van der Waals surface area contributed by atoms with Crippen LogP contribution in [0.25, 0.3) is 0 Å². The largest absolute Gasteiger partial charge is 0.304 e. The van der Waals surface area contributed by atoms with E-state index in [-0.39, 0.29) is 11.9 Å². The van der Waals surface area contributed by atoms with E-state index in [0.717, 1.165) is 36.4 Å². The van der Waals surface area contributed by atoms with Crippen molar-refractivity contribution in [2.24, 2.45) is 0 Å². The highest BCUT2D eigenvalue weighted by Crippen LogP contribution is 2.34. The summed E-state index contributed by atoms with van der Waals surface area (Å²) in [5, 5.41) is 4.92. The summed E-state index contributed by atoms with van der Waals surface area (Å²) in [5.41, 5.74) is 2.07. The van der Waals surface area contributed by atoms with Gasteiger partial charge in [0.05, 0.1) is 11.7 Å². The molecule has 21 heavy (non-hydrogen) atoms. The van der Waals surface area contributed by atoms with E-state index in [4.69, 9.17) is 16.6 Å². The smallest absolute Gasteiger partial charge is 0.125 e. The van der Waals surface area contributed by atoms with Crippen molar-refractivity contribution >= 4 is 22.9 Å². The van der Waals surface area contributed by atoms with Gasteiger partial charge in [-0.15, -0.1) is 11.3 Å². The van der Waals surface area contributed by atoms with Gasteiger partial charge in [0.15, 0.2) is 0 Å². The van der Waals surface area contributed by atoms with Gasteiger partial charge in [-0.25, -0.2) is 9.37 Å². The lowest BCUT2D eigenvalue weighted by molar-refractivity contribution is 0.582. The molecule has 3 rings (SSSR count). The molecule has 0 amide bonds. The Labute approximate surface area is 133 Å². The number of hydrogen-bond donors (Lipinski definition) is 1. The predicted molar refractivity (Wildman–Crippen MR) is 85.7 cm³/mol. The average molecular weight is 325 g/mol. The van der Waals surface area contributed by atoms with Crippen LogP contribution in [0.5, 0.6) is 0 Å². The third-order valence-electron chi connectivity index (χ3n) is 3.68. The van der Waals surface area contributed by atoms with Crippen LogP contribution in [-0.4, -0.2) is 11.5 Å². The number of thiazole rings is 1. The summed E-state index contributed by atoms with van der Waals surface area (Å²) in [6, 6.07) is 4.63. The molecule has 1 aromatic heterocycles. The molecule has 0 saturated carbocycles. The lowest BCUT2D eigenvalue weighted by atomic mass is 10.1. The third-order valence-corrected chi connectivity index (χ3v) is 5.12. The Morgan fingerprint density at radius 2 is 2.24 bits per heavy atom. The predicted octanol–water partition coefficient (Wildman–Crippen LogP) is 4.51. The molecular weight excluding hydrogens is 307 g/mol. The summed E-state index contributed by atoms with van der Waals surface area (Å²) >= 11 is 7.75. The van der Waals surface area contributed by atoms with Crippen molar-refractivity contribution in [3.63, 3.8) is 0 Å². The van der Waals surface area contributed by atoms with Crippen LogP contribution in [0.1, 0.15) is 46.9 Å².